The molecule has 1 aromatic heterocycles. The van der Waals surface area contributed by atoms with Crippen molar-refractivity contribution in [1.82, 2.24) is 10.2 Å². The maximum Gasteiger partial charge on any atom is 0.154 e. The summed E-state index contributed by atoms with van der Waals surface area (Å²) in [4.78, 5) is 2.05. The third-order valence-electron chi connectivity index (χ3n) is 3.57. The van der Waals surface area contributed by atoms with Crippen molar-refractivity contribution in [1.29, 1.82) is 0 Å². The summed E-state index contributed by atoms with van der Waals surface area (Å²) in [5, 5.41) is 7.84. The monoisotopic (exact) mass is 280 g/mol. The van der Waals surface area contributed by atoms with E-state index in [1.807, 2.05) is 19.1 Å². The number of fused-ring (bicyclic) bond motifs is 1. The van der Waals surface area contributed by atoms with Crippen LogP contribution in [0.15, 0.2) is 18.3 Å². The topological polar surface area (TPSA) is 92.1 Å². The molecular weight excluding hydrogens is 264 g/mol. The molecule has 1 aliphatic rings. The first-order chi connectivity index (χ1) is 8.96. The molecule has 2 aromatic rings. The van der Waals surface area contributed by atoms with Gasteiger partial charge in [-0.15, -0.1) is 0 Å². The van der Waals surface area contributed by atoms with Crippen molar-refractivity contribution in [2.75, 3.05) is 28.7 Å². The smallest absolute Gasteiger partial charge is 0.154 e. The Labute approximate surface area is 111 Å². The second-order valence-electron chi connectivity index (χ2n) is 5.03. The number of H-pyrrole nitrogens is 1. The van der Waals surface area contributed by atoms with E-state index in [1.165, 1.54) is 0 Å². The summed E-state index contributed by atoms with van der Waals surface area (Å²) in [7, 11) is -2.92. The minimum absolute atomic E-state index is 0.0681. The zero-order valence-corrected chi connectivity index (χ0v) is 11.4. The number of nitrogens with two attached hydrogens (primary N) is 1. The van der Waals surface area contributed by atoms with Crippen LogP contribution in [0.25, 0.3) is 10.9 Å². The summed E-state index contributed by atoms with van der Waals surface area (Å²) in [5.74, 6) is 0.352. The quantitative estimate of drug-likeness (QED) is 0.753. The first kappa shape index (κ1) is 12.3. The van der Waals surface area contributed by atoms with Crippen LogP contribution in [-0.4, -0.2) is 42.7 Å². The Balaban J connectivity index is 2.02. The van der Waals surface area contributed by atoms with Gasteiger partial charge in [0.05, 0.1) is 34.6 Å². The Morgan fingerprint density at radius 2 is 2.26 bits per heavy atom. The predicted molar refractivity (Wildman–Crippen MR) is 76.0 cm³/mol. The molecule has 2 heterocycles. The van der Waals surface area contributed by atoms with Crippen LogP contribution in [0.1, 0.15) is 6.92 Å². The van der Waals surface area contributed by atoms with Crippen LogP contribution in [0, 0.1) is 0 Å². The standard InChI is InChI=1S/C12H16N4O2S/c1-8-7-19(17,18)3-2-16(8)12-5-11-9(4-10(12)13)6-14-15-11/h4-6,8H,2-3,7,13H2,1H3,(H,14,15). The van der Waals surface area contributed by atoms with Gasteiger partial charge in [0.25, 0.3) is 0 Å². The fourth-order valence-electron chi connectivity index (χ4n) is 2.60. The summed E-state index contributed by atoms with van der Waals surface area (Å²) in [6.07, 6.45) is 1.72. The molecule has 0 aliphatic carbocycles. The maximum atomic E-state index is 11.6. The van der Waals surface area contributed by atoms with E-state index < -0.39 is 9.84 Å². The molecule has 6 nitrogen and oxygen atoms in total. The fourth-order valence-corrected chi connectivity index (χ4v) is 4.16. The highest BCUT2D eigenvalue weighted by molar-refractivity contribution is 7.91. The number of aromatic amines is 1. The van der Waals surface area contributed by atoms with E-state index in [1.54, 1.807) is 6.20 Å². The lowest BCUT2D eigenvalue weighted by molar-refractivity contribution is 0.568. The molecule has 0 amide bonds. The van der Waals surface area contributed by atoms with Crippen molar-refractivity contribution in [2.24, 2.45) is 0 Å². The Hall–Kier alpha value is -1.76. The number of hydrogen-bond donors (Lipinski definition) is 2. The van der Waals surface area contributed by atoms with Gasteiger partial charge < -0.3 is 10.6 Å². The van der Waals surface area contributed by atoms with Gasteiger partial charge in [0.15, 0.2) is 9.84 Å². The van der Waals surface area contributed by atoms with Crippen molar-refractivity contribution in [3.63, 3.8) is 0 Å². The molecule has 0 radical (unpaired) electrons. The number of aromatic nitrogens is 2. The van der Waals surface area contributed by atoms with Crippen LogP contribution in [-0.2, 0) is 9.84 Å². The number of anilines is 2. The normalized spacial score (nSPS) is 22.8. The molecule has 102 valence electrons. The molecule has 3 rings (SSSR count). The van der Waals surface area contributed by atoms with Crippen LogP contribution in [0.3, 0.4) is 0 Å². The van der Waals surface area contributed by atoms with Crippen LogP contribution in [0.4, 0.5) is 11.4 Å². The molecule has 19 heavy (non-hydrogen) atoms. The number of sulfone groups is 1. The van der Waals surface area contributed by atoms with Gasteiger partial charge in [-0.3, -0.25) is 5.10 Å². The third-order valence-corrected chi connectivity index (χ3v) is 5.36. The summed E-state index contributed by atoms with van der Waals surface area (Å²) in [5.41, 5.74) is 8.51. The molecule has 1 saturated heterocycles. The van der Waals surface area contributed by atoms with Crippen molar-refractivity contribution < 1.29 is 8.42 Å². The van der Waals surface area contributed by atoms with Gasteiger partial charge in [-0.1, -0.05) is 0 Å². The minimum atomic E-state index is -2.92. The first-order valence-corrected chi connectivity index (χ1v) is 7.98. The number of rotatable bonds is 1. The van der Waals surface area contributed by atoms with E-state index in [0.717, 1.165) is 16.6 Å². The van der Waals surface area contributed by atoms with E-state index in [2.05, 4.69) is 15.1 Å². The molecular formula is C12H16N4O2S. The zero-order chi connectivity index (χ0) is 13.6. The summed E-state index contributed by atoms with van der Waals surface area (Å²) in [6, 6.07) is 3.73. The lowest BCUT2D eigenvalue weighted by Crippen LogP contribution is -2.47. The number of benzene rings is 1. The molecule has 1 aliphatic heterocycles. The van der Waals surface area contributed by atoms with Gasteiger partial charge in [0, 0.05) is 18.0 Å². The molecule has 0 spiro atoms. The van der Waals surface area contributed by atoms with Gasteiger partial charge in [-0.2, -0.15) is 5.10 Å². The van der Waals surface area contributed by atoms with Crippen LogP contribution < -0.4 is 10.6 Å². The molecule has 1 atom stereocenters. The van der Waals surface area contributed by atoms with Crippen molar-refractivity contribution in [3.05, 3.63) is 18.3 Å². The lowest BCUT2D eigenvalue weighted by atomic mass is 10.1. The summed E-state index contributed by atoms with van der Waals surface area (Å²) < 4.78 is 23.2. The molecule has 0 saturated carbocycles. The second-order valence-corrected chi connectivity index (χ2v) is 7.25. The lowest BCUT2D eigenvalue weighted by Gasteiger charge is -2.35. The summed E-state index contributed by atoms with van der Waals surface area (Å²) in [6.45, 7) is 2.39. The maximum absolute atomic E-state index is 11.6. The Morgan fingerprint density at radius 3 is 3.00 bits per heavy atom. The molecule has 0 bridgehead atoms. The third kappa shape index (κ3) is 2.14. The highest BCUT2D eigenvalue weighted by Crippen LogP contribution is 2.31. The second kappa shape index (κ2) is 4.12. The number of nitrogens with one attached hydrogen (secondary N) is 1. The largest absolute Gasteiger partial charge is 0.397 e. The van der Waals surface area contributed by atoms with E-state index in [4.69, 9.17) is 5.73 Å². The fraction of sp³-hybridized carbons (Fsp3) is 0.417. The molecule has 1 aromatic carbocycles. The summed E-state index contributed by atoms with van der Waals surface area (Å²) >= 11 is 0. The number of nitrogen functional groups attached to an aromatic ring is 1. The number of hydrogen-bond acceptors (Lipinski definition) is 5. The first-order valence-electron chi connectivity index (χ1n) is 6.16. The Morgan fingerprint density at radius 1 is 1.47 bits per heavy atom. The van der Waals surface area contributed by atoms with E-state index in [0.29, 0.717) is 12.2 Å². The van der Waals surface area contributed by atoms with Gasteiger partial charge >= 0.3 is 0 Å². The molecule has 1 unspecified atom stereocenters. The van der Waals surface area contributed by atoms with Gasteiger partial charge in [-0.05, 0) is 19.1 Å². The van der Waals surface area contributed by atoms with Gasteiger partial charge in [0.2, 0.25) is 0 Å². The predicted octanol–water partition coefficient (Wildman–Crippen LogP) is 0.768. The van der Waals surface area contributed by atoms with Crippen molar-refractivity contribution >= 4 is 32.1 Å². The molecule has 7 heteroatoms. The highest BCUT2D eigenvalue weighted by Gasteiger charge is 2.29. The Kier molecular flexibility index (Phi) is 2.67. The number of nitrogens with zero attached hydrogens (tertiary/aromatic N) is 2. The van der Waals surface area contributed by atoms with Gasteiger partial charge in [0.1, 0.15) is 0 Å². The van der Waals surface area contributed by atoms with Crippen molar-refractivity contribution in [2.45, 2.75) is 13.0 Å². The average molecular weight is 280 g/mol. The van der Waals surface area contributed by atoms with Crippen LogP contribution in [0.5, 0.6) is 0 Å². The van der Waals surface area contributed by atoms with E-state index in [-0.39, 0.29) is 17.5 Å². The highest BCUT2D eigenvalue weighted by atomic mass is 32.2. The molecule has 3 N–H and O–H groups in total. The van der Waals surface area contributed by atoms with E-state index in [9.17, 15) is 8.42 Å². The SMILES string of the molecule is CC1CS(=O)(=O)CCN1c1cc2[nH]ncc2cc1N. The zero-order valence-electron chi connectivity index (χ0n) is 10.6. The Bertz CT molecular complexity index is 722. The molecule has 1 fully saturated rings. The minimum Gasteiger partial charge on any atom is -0.397 e. The van der Waals surface area contributed by atoms with Crippen molar-refractivity contribution in [3.8, 4) is 0 Å². The van der Waals surface area contributed by atoms with Crippen LogP contribution >= 0.6 is 0 Å². The van der Waals surface area contributed by atoms with Crippen LogP contribution in [0.2, 0.25) is 0 Å². The average Bonchev–Trinajstić information content (AvgIpc) is 2.74. The van der Waals surface area contributed by atoms with E-state index >= 15 is 0 Å². The van der Waals surface area contributed by atoms with Gasteiger partial charge in [-0.25, -0.2) is 8.42 Å².